The van der Waals surface area contributed by atoms with Crippen molar-refractivity contribution in [3.05, 3.63) is 71.6 Å². The van der Waals surface area contributed by atoms with Crippen molar-refractivity contribution in [3.63, 3.8) is 0 Å². The lowest BCUT2D eigenvalue weighted by Crippen LogP contribution is -2.38. The lowest BCUT2D eigenvalue weighted by molar-refractivity contribution is -0.191. The van der Waals surface area contributed by atoms with E-state index in [2.05, 4.69) is 4.98 Å². The molecule has 1 aromatic heterocycles. The zero-order valence-electron chi connectivity index (χ0n) is 15.5. The van der Waals surface area contributed by atoms with Crippen LogP contribution in [0.3, 0.4) is 0 Å². The number of pyridine rings is 1. The van der Waals surface area contributed by atoms with Crippen molar-refractivity contribution in [1.29, 1.82) is 0 Å². The lowest BCUT2D eigenvalue weighted by atomic mass is 10.0. The molecule has 1 saturated heterocycles. The van der Waals surface area contributed by atoms with Crippen molar-refractivity contribution in [2.75, 3.05) is 7.11 Å². The zero-order chi connectivity index (χ0) is 19.9. The fraction of sp³-hybridized carbons (Fsp3) is 0.286. The molecule has 1 aromatic carbocycles. The molecule has 1 fully saturated rings. The number of primary amides is 1. The van der Waals surface area contributed by atoms with Crippen LogP contribution in [0.25, 0.3) is 6.08 Å². The number of carbonyl (C=O) groups excluding carboxylic acids is 2. The SMILES string of the molecule is CO[C@@H]1C[C@H](OC(=O)c2ccccc2)C[C@@H](/C=C/c2ccncc2C(N)=O)O1. The number of amides is 1. The van der Waals surface area contributed by atoms with Gasteiger partial charge in [0.05, 0.1) is 17.2 Å². The molecule has 1 aliphatic heterocycles. The summed E-state index contributed by atoms with van der Waals surface area (Å²) in [5.74, 6) is -0.933. The van der Waals surface area contributed by atoms with E-state index in [1.165, 1.54) is 6.20 Å². The Labute approximate surface area is 163 Å². The predicted molar refractivity (Wildman–Crippen MR) is 102 cm³/mol. The predicted octanol–water partition coefficient (Wildman–Crippen LogP) is 2.57. The van der Waals surface area contributed by atoms with Gasteiger partial charge in [-0.05, 0) is 23.8 Å². The Morgan fingerprint density at radius 1 is 1.21 bits per heavy atom. The van der Waals surface area contributed by atoms with Gasteiger partial charge in [-0.1, -0.05) is 30.4 Å². The van der Waals surface area contributed by atoms with Crippen molar-refractivity contribution in [2.24, 2.45) is 5.73 Å². The number of ether oxygens (including phenoxy) is 3. The van der Waals surface area contributed by atoms with Gasteiger partial charge in [0.1, 0.15) is 6.10 Å². The number of esters is 1. The number of methoxy groups -OCH3 is 1. The van der Waals surface area contributed by atoms with Gasteiger partial charge in [-0.25, -0.2) is 4.79 Å². The summed E-state index contributed by atoms with van der Waals surface area (Å²) in [5.41, 5.74) is 6.84. The lowest BCUT2D eigenvalue weighted by Gasteiger charge is -2.33. The molecule has 3 atom stereocenters. The molecule has 2 heterocycles. The highest BCUT2D eigenvalue weighted by Crippen LogP contribution is 2.25. The minimum absolute atomic E-state index is 0.324. The second-order valence-corrected chi connectivity index (χ2v) is 6.39. The van der Waals surface area contributed by atoms with E-state index in [9.17, 15) is 9.59 Å². The number of nitrogens with zero attached hydrogens (tertiary/aromatic N) is 1. The monoisotopic (exact) mass is 382 g/mol. The van der Waals surface area contributed by atoms with Gasteiger partial charge in [0.15, 0.2) is 6.29 Å². The van der Waals surface area contributed by atoms with Gasteiger partial charge in [0.25, 0.3) is 5.91 Å². The summed E-state index contributed by atoms with van der Waals surface area (Å²) in [4.78, 5) is 27.8. The maximum absolute atomic E-state index is 12.3. The third-order valence-electron chi connectivity index (χ3n) is 4.43. The first-order valence-corrected chi connectivity index (χ1v) is 8.93. The van der Waals surface area contributed by atoms with Crippen molar-refractivity contribution in [1.82, 2.24) is 4.98 Å². The van der Waals surface area contributed by atoms with Gasteiger partial charge < -0.3 is 19.9 Å². The molecule has 146 valence electrons. The summed E-state index contributed by atoms with van der Waals surface area (Å²) < 4.78 is 16.8. The molecule has 7 nitrogen and oxygen atoms in total. The second kappa shape index (κ2) is 9.25. The summed E-state index contributed by atoms with van der Waals surface area (Å²) in [7, 11) is 1.54. The number of rotatable bonds is 6. The summed E-state index contributed by atoms with van der Waals surface area (Å²) in [6.45, 7) is 0. The van der Waals surface area contributed by atoms with E-state index in [1.54, 1.807) is 55.8 Å². The number of benzene rings is 1. The Hall–Kier alpha value is -3.03. The third kappa shape index (κ3) is 5.03. The molecule has 0 aliphatic carbocycles. The molecule has 0 unspecified atom stereocenters. The van der Waals surface area contributed by atoms with Crippen LogP contribution in [0.1, 0.15) is 39.1 Å². The minimum Gasteiger partial charge on any atom is -0.458 e. The van der Waals surface area contributed by atoms with Gasteiger partial charge in [-0.15, -0.1) is 0 Å². The molecule has 2 aromatic rings. The molecule has 0 radical (unpaired) electrons. The first-order valence-electron chi connectivity index (χ1n) is 8.93. The number of hydrogen-bond donors (Lipinski definition) is 1. The summed E-state index contributed by atoms with van der Waals surface area (Å²) in [6.07, 6.45) is 6.28. The number of aromatic nitrogens is 1. The van der Waals surface area contributed by atoms with E-state index >= 15 is 0 Å². The van der Waals surface area contributed by atoms with Crippen LogP contribution >= 0.6 is 0 Å². The van der Waals surface area contributed by atoms with Crippen molar-refractivity contribution >= 4 is 18.0 Å². The number of nitrogens with two attached hydrogens (primary N) is 1. The first kappa shape index (κ1) is 19.7. The summed E-state index contributed by atoms with van der Waals surface area (Å²) in [5, 5.41) is 0. The topological polar surface area (TPSA) is 101 Å². The number of hydrogen-bond acceptors (Lipinski definition) is 6. The molecule has 7 heteroatoms. The van der Waals surface area contributed by atoms with Crippen LogP contribution in [0.2, 0.25) is 0 Å². The molecule has 2 N–H and O–H groups in total. The van der Waals surface area contributed by atoms with E-state index in [0.29, 0.717) is 29.5 Å². The first-order chi connectivity index (χ1) is 13.6. The van der Waals surface area contributed by atoms with Crippen molar-refractivity contribution < 1.29 is 23.8 Å². The molecule has 3 rings (SSSR count). The fourth-order valence-corrected chi connectivity index (χ4v) is 3.01. The largest absolute Gasteiger partial charge is 0.458 e. The highest BCUT2D eigenvalue weighted by molar-refractivity contribution is 5.96. The zero-order valence-corrected chi connectivity index (χ0v) is 15.5. The quantitative estimate of drug-likeness (QED) is 0.771. The van der Waals surface area contributed by atoms with Gasteiger partial charge in [0, 0.05) is 32.3 Å². The van der Waals surface area contributed by atoms with Crippen molar-refractivity contribution in [2.45, 2.75) is 31.3 Å². The average Bonchev–Trinajstić information content (AvgIpc) is 2.72. The minimum atomic E-state index is -0.554. The molecule has 1 amide bonds. The van der Waals surface area contributed by atoms with Crippen LogP contribution in [0.4, 0.5) is 0 Å². The van der Waals surface area contributed by atoms with Crippen LogP contribution in [-0.2, 0) is 14.2 Å². The smallest absolute Gasteiger partial charge is 0.338 e. The molecule has 1 aliphatic rings. The number of carbonyl (C=O) groups is 2. The highest BCUT2D eigenvalue weighted by atomic mass is 16.7. The van der Waals surface area contributed by atoms with Crippen molar-refractivity contribution in [3.8, 4) is 0 Å². The third-order valence-corrected chi connectivity index (χ3v) is 4.43. The van der Waals surface area contributed by atoms with E-state index in [1.807, 2.05) is 6.07 Å². The molecule has 28 heavy (non-hydrogen) atoms. The standard InChI is InChI=1S/C21H22N2O5/c1-26-19-12-17(28-21(25)15-5-3-2-4-6-15)11-16(27-19)8-7-14-9-10-23-13-18(14)20(22)24/h2-10,13,16-17,19H,11-12H2,1H3,(H2,22,24)/b8-7+/t16-,17-,19+/m1/s1. The van der Waals surface area contributed by atoms with Crippen LogP contribution in [0.5, 0.6) is 0 Å². The molecular weight excluding hydrogens is 360 g/mol. The normalized spacial score (nSPS) is 22.1. The molecule has 0 saturated carbocycles. The van der Waals surface area contributed by atoms with Crippen LogP contribution in [0, 0.1) is 0 Å². The average molecular weight is 382 g/mol. The summed E-state index contributed by atoms with van der Waals surface area (Å²) in [6, 6.07) is 10.5. The highest BCUT2D eigenvalue weighted by Gasteiger charge is 2.31. The van der Waals surface area contributed by atoms with Gasteiger partial charge in [0.2, 0.25) is 0 Å². The maximum atomic E-state index is 12.3. The van der Waals surface area contributed by atoms with Crippen LogP contribution < -0.4 is 5.73 Å². The van der Waals surface area contributed by atoms with Gasteiger partial charge in [-0.2, -0.15) is 0 Å². The molecule has 0 bridgehead atoms. The van der Waals surface area contributed by atoms with E-state index in [0.717, 1.165) is 0 Å². The maximum Gasteiger partial charge on any atom is 0.338 e. The van der Waals surface area contributed by atoms with Gasteiger partial charge in [-0.3, -0.25) is 9.78 Å². The Bertz CT molecular complexity index is 853. The Morgan fingerprint density at radius 2 is 2.00 bits per heavy atom. The summed E-state index contributed by atoms with van der Waals surface area (Å²) >= 11 is 0. The second-order valence-electron chi connectivity index (χ2n) is 6.39. The molecule has 0 spiro atoms. The van der Waals surface area contributed by atoms with Crippen LogP contribution in [-0.4, -0.2) is 42.5 Å². The van der Waals surface area contributed by atoms with E-state index in [-0.39, 0.29) is 18.2 Å². The Morgan fingerprint density at radius 3 is 2.71 bits per heavy atom. The molecular formula is C21H22N2O5. The van der Waals surface area contributed by atoms with E-state index < -0.39 is 12.2 Å². The Balaban J connectivity index is 1.70. The fourth-order valence-electron chi connectivity index (χ4n) is 3.01. The van der Waals surface area contributed by atoms with Crippen LogP contribution in [0.15, 0.2) is 54.9 Å². The van der Waals surface area contributed by atoms with Gasteiger partial charge >= 0.3 is 5.97 Å². The van der Waals surface area contributed by atoms with E-state index in [4.69, 9.17) is 19.9 Å². The Kier molecular flexibility index (Phi) is 6.52.